The predicted octanol–water partition coefficient (Wildman–Crippen LogP) is 6.25. The zero-order valence-electron chi connectivity index (χ0n) is 17.8. The first kappa shape index (κ1) is 27.2. The van der Waals surface area contributed by atoms with Crippen LogP contribution >= 0.6 is 36.2 Å². The number of hydrogen-bond acceptors (Lipinski definition) is 10. The summed E-state index contributed by atoms with van der Waals surface area (Å²) in [5.74, 6) is -3.97. The summed E-state index contributed by atoms with van der Waals surface area (Å²) in [4.78, 5) is 20.8. The van der Waals surface area contributed by atoms with E-state index in [0.29, 0.717) is 0 Å². The Morgan fingerprint density at radius 1 is 0.750 bits per heavy atom. The van der Waals surface area contributed by atoms with E-state index >= 15 is 0 Å². The fraction of sp³-hybridized carbons (Fsp3) is 0.100. The van der Waals surface area contributed by atoms with Crippen LogP contribution < -0.4 is 16.4 Å². The predicted molar refractivity (Wildman–Crippen MR) is 133 cm³/mol. The standard InChI is InChI=1S/C20H15F4N5O4S3/c21-12-1-9(34)2-13(22)19(12)26-7-35-10-3-14(23)20(15(24)4-10)27-8-36-11-5-16(28(30)31)18(25)17(6-11)29(32)33/h1-6,26-27,34H,7-8,25H2. The van der Waals surface area contributed by atoms with Gasteiger partial charge in [0.2, 0.25) is 0 Å². The van der Waals surface area contributed by atoms with Crippen molar-refractivity contribution in [1.82, 2.24) is 0 Å². The Bertz CT molecular complexity index is 1270. The van der Waals surface area contributed by atoms with Crippen molar-refractivity contribution in [3.8, 4) is 0 Å². The molecule has 3 aromatic carbocycles. The molecule has 0 radical (unpaired) electrons. The first-order valence-corrected chi connectivity index (χ1v) is 12.0. The number of hydrogen-bond donors (Lipinski definition) is 4. The number of nitro benzene ring substituents is 2. The maximum Gasteiger partial charge on any atom is 0.300 e. The molecule has 0 amide bonds. The molecule has 9 nitrogen and oxygen atoms in total. The molecule has 0 spiro atoms. The minimum absolute atomic E-state index is 0.0829. The van der Waals surface area contributed by atoms with E-state index in [-0.39, 0.29) is 26.4 Å². The van der Waals surface area contributed by atoms with Crippen LogP contribution in [0.3, 0.4) is 0 Å². The van der Waals surface area contributed by atoms with Gasteiger partial charge in [0.05, 0.1) is 21.6 Å². The highest BCUT2D eigenvalue weighted by molar-refractivity contribution is 7.99. The number of rotatable bonds is 10. The normalized spacial score (nSPS) is 10.8. The van der Waals surface area contributed by atoms with Crippen LogP contribution in [0, 0.1) is 43.5 Å². The van der Waals surface area contributed by atoms with E-state index in [1.165, 1.54) is 0 Å². The van der Waals surface area contributed by atoms with E-state index in [2.05, 4.69) is 23.3 Å². The van der Waals surface area contributed by atoms with Crippen molar-refractivity contribution in [2.75, 3.05) is 28.1 Å². The van der Waals surface area contributed by atoms with Crippen LogP contribution in [0.1, 0.15) is 0 Å². The fourth-order valence-electron chi connectivity index (χ4n) is 2.90. The Hall–Kier alpha value is -3.37. The smallest absolute Gasteiger partial charge is 0.300 e. The molecule has 3 rings (SSSR count). The molecule has 190 valence electrons. The average molecular weight is 562 g/mol. The molecule has 0 aromatic heterocycles. The van der Waals surface area contributed by atoms with Gasteiger partial charge in [0.15, 0.2) is 5.69 Å². The summed E-state index contributed by atoms with van der Waals surface area (Å²) in [5, 5.41) is 27.2. The zero-order valence-corrected chi connectivity index (χ0v) is 20.3. The Morgan fingerprint density at radius 3 is 1.50 bits per heavy atom. The van der Waals surface area contributed by atoms with E-state index in [4.69, 9.17) is 5.73 Å². The summed E-state index contributed by atoms with van der Waals surface area (Å²) in [5.41, 5.74) is 2.62. The summed E-state index contributed by atoms with van der Waals surface area (Å²) in [6.45, 7) is 0. The van der Waals surface area contributed by atoms with E-state index in [9.17, 15) is 37.8 Å². The molecule has 0 unspecified atom stereocenters. The summed E-state index contributed by atoms with van der Waals surface area (Å²) >= 11 is 5.57. The SMILES string of the molecule is Nc1c([N+](=O)[O-])cc(SCNc2c(F)cc(SCNc3c(F)cc(S)cc3F)cc2F)cc1[N+](=O)[O-]. The van der Waals surface area contributed by atoms with E-state index < -0.39 is 61.6 Å². The minimum atomic E-state index is -0.968. The summed E-state index contributed by atoms with van der Waals surface area (Å²) in [7, 11) is 0. The number of halogens is 4. The molecule has 36 heavy (non-hydrogen) atoms. The number of thioether (sulfide) groups is 2. The third kappa shape index (κ3) is 6.44. The first-order valence-electron chi connectivity index (χ1n) is 9.60. The molecule has 3 aromatic rings. The van der Waals surface area contributed by atoms with Crippen molar-refractivity contribution >= 4 is 64.6 Å². The van der Waals surface area contributed by atoms with Crippen LogP contribution in [0.4, 0.5) is 46.0 Å². The van der Waals surface area contributed by atoms with Gasteiger partial charge in [0.25, 0.3) is 11.4 Å². The number of nitrogens with one attached hydrogen (secondary N) is 2. The van der Waals surface area contributed by atoms with E-state index in [0.717, 1.165) is 59.9 Å². The molecule has 0 saturated heterocycles. The number of nitrogens with two attached hydrogens (primary N) is 1. The summed E-state index contributed by atoms with van der Waals surface area (Å²) in [6.07, 6.45) is 0. The lowest BCUT2D eigenvalue weighted by atomic mass is 10.2. The van der Waals surface area contributed by atoms with Crippen LogP contribution in [0.25, 0.3) is 0 Å². The molecule has 0 saturated carbocycles. The Kier molecular flexibility index (Phi) is 8.75. The number of nitrogen functional groups attached to an aromatic ring is 1. The van der Waals surface area contributed by atoms with Crippen LogP contribution in [-0.4, -0.2) is 21.6 Å². The van der Waals surface area contributed by atoms with Crippen LogP contribution in [0.15, 0.2) is 51.1 Å². The van der Waals surface area contributed by atoms with Gasteiger partial charge < -0.3 is 16.4 Å². The lowest BCUT2D eigenvalue weighted by molar-refractivity contribution is -0.392. The molecule has 0 atom stereocenters. The van der Waals surface area contributed by atoms with Gasteiger partial charge in [0, 0.05) is 26.8 Å². The number of anilines is 3. The molecule has 4 N–H and O–H groups in total. The van der Waals surface area contributed by atoms with Gasteiger partial charge in [-0.25, -0.2) is 17.6 Å². The lowest BCUT2D eigenvalue weighted by Crippen LogP contribution is -2.05. The highest BCUT2D eigenvalue weighted by atomic mass is 32.2. The molecule has 16 heteroatoms. The quantitative estimate of drug-likeness (QED) is 0.0430. The second-order valence-corrected chi connectivity index (χ2v) is 9.48. The van der Waals surface area contributed by atoms with Crippen molar-refractivity contribution in [2.45, 2.75) is 14.7 Å². The molecule has 0 aliphatic carbocycles. The van der Waals surface area contributed by atoms with Gasteiger partial charge >= 0.3 is 0 Å². The van der Waals surface area contributed by atoms with Crippen LogP contribution in [-0.2, 0) is 0 Å². The second-order valence-electron chi connectivity index (χ2n) is 6.87. The third-order valence-electron chi connectivity index (χ3n) is 4.52. The summed E-state index contributed by atoms with van der Waals surface area (Å²) in [6, 6.07) is 6.07. The maximum absolute atomic E-state index is 14.5. The van der Waals surface area contributed by atoms with Crippen LogP contribution in [0.2, 0.25) is 0 Å². The van der Waals surface area contributed by atoms with Gasteiger partial charge in [-0.15, -0.1) is 36.2 Å². The molecular weight excluding hydrogens is 546 g/mol. The van der Waals surface area contributed by atoms with Gasteiger partial charge in [-0.3, -0.25) is 20.2 Å². The summed E-state index contributed by atoms with van der Waals surface area (Å²) < 4.78 is 56.6. The second kappa shape index (κ2) is 11.6. The Morgan fingerprint density at radius 2 is 1.11 bits per heavy atom. The maximum atomic E-state index is 14.5. The van der Waals surface area contributed by atoms with Crippen LogP contribution in [0.5, 0.6) is 0 Å². The van der Waals surface area contributed by atoms with Crippen molar-refractivity contribution < 1.29 is 27.4 Å². The van der Waals surface area contributed by atoms with Gasteiger partial charge in [0.1, 0.15) is 34.6 Å². The van der Waals surface area contributed by atoms with E-state index in [1.54, 1.807) is 0 Å². The number of thiol groups is 1. The Balaban J connectivity index is 1.65. The molecule has 0 bridgehead atoms. The fourth-order valence-corrected chi connectivity index (χ4v) is 4.65. The van der Waals surface area contributed by atoms with Crippen molar-refractivity contribution in [3.05, 3.63) is 79.9 Å². The van der Waals surface area contributed by atoms with Crippen molar-refractivity contribution in [3.63, 3.8) is 0 Å². The third-order valence-corrected chi connectivity index (χ3v) is 6.49. The number of nitrogens with zero attached hydrogens (tertiary/aromatic N) is 2. The largest absolute Gasteiger partial charge is 0.387 e. The van der Waals surface area contributed by atoms with Crippen molar-refractivity contribution in [1.29, 1.82) is 0 Å². The molecule has 0 aliphatic rings. The highest BCUT2D eigenvalue weighted by Gasteiger charge is 2.24. The number of nitro groups is 2. The number of benzene rings is 3. The Labute approximate surface area is 214 Å². The lowest BCUT2D eigenvalue weighted by Gasteiger charge is -2.12. The first-order chi connectivity index (χ1) is 17.0. The molecule has 0 heterocycles. The molecule has 0 fully saturated rings. The highest BCUT2D eigenvalue weighted by Crippen LogP contribution is 2.37. The average Bonchev–Trinajstić information content (AvgIpc) is 2.77. The van der Waals surface area contributed by atoms with Crippen molar-refractivity contribution in [2.24, 2.45) is 0 Å². The molecular formula is C20H15F4N5O4S3. The van der Waals surface area contributed by atoms with Gasteiger partial charge in [-0.2, -0.15) is 0 Å². The topological polar surface area (TPSA) is 136 Å². The zero-order chi connectivity index (χ0) is 26.6. The minimum Gasteiger partial charge on any atom is -0.387 e. The van der Waals surface area contributed by atoms with Gasteiger partial charge in [-0.05, 0) is 24.3 Å². The van der Waals surface area contributed by atoms with E-state index in [1.807, 2.05) is 0 Å². The molecule has 0 aliphatic heterocycles. The monoisotopic (exact) mass is 561 g/mol. The van der Waals surface area contributed by atoms with Gasteiger partial charge in [-0.1, -0.05) is 0 Å².